The molecule has 16 heavy (non-hydrogen) atoms. The first kappa shape index (κ1) is 13.9. The second-order valence-corrected chi connectivity index (χ2v) is 5.34. The molecule has 0 bridgehead atoms. The minimum absolute atomic E-state index is 0.0391. The number of halogens is 3. The molecule has 1 rings (SSSR count). The van der Waals surface area contributed by atoms with Crippen molar-refractivity contribution in [1.82, 2.24) is 0 Å². The number of nitrogens with two attached hydrogens (primary N) is 1. The fourth-order valence-corrected chi connectivity index (χ4v) is 2.97. The highest BCUT2D eigenvalue weighted by Gasteiger charge is 2.13. The summed E-state index contributed by atoms with van der Waals surface area (Å²) in [6.07, 6.45) is 0. The van der Waals surface area contributed by atoms with E-state index in [1.54, 1.807) is 0 Å². The third-order valence-electron chi connectivity index (χ3n) is 1.60. The van der Waals surface area contributed by atoms with Gasteiger partial charge >= 0.3 is 0 Å². The van der Waals surface area contributed by atoms with Gasteiger partial charge in [-0.05, 0) is 45.2 Å². The van der Waals surface area contributed by atoms with Crippen LogP contribution in [-0.2, 0) is 0 Å². The number of nitro benzene ring substituents is 1. The summed E-state index contributed by atoms with van der Waals surface area (Å²) >= 11 is 9.48. The summed E-state index contributed by atoms with van der Waals surface area (Å²) in [7, 11) is 0. The molecule has 0 amide bonds. The molecule has 0 saturated carbocycles. The van der Waals surface area contributed by atoms with E-state index in [2.05, 4.69) is 4.99 Å². The van der Waals surface area contributed by atoms with Crippen molar-refractivity contribution in [3.05, 3.63) is 29.4 Å². The van der Waals surface area contributed by atoms with Crippen LogP contribution in [0.15, 0.2) is 17.1 Å². The quantitative estimate of drug-likeness (QED) is 0.186. The van der Waals surface area contributed by atoms with E-state index >= 15 is 0 Å². The van der Waals surface area contributed by atoms with Crippen LogP contribution in [0.25, 0.3) is 0 Å². The third-order valence-corrected chi connectivity index (χ3v) is 3.52. The Morgan fingerprint density at radius 1 is 1.50 bits per heavy atom. The van der Waals surface area contributed by atoms with Crippen molar-refractivity contribution in [2.75, 3.05) is 5.88 Å². The van der Waals surface area contributed by atoms with Crippen molar-refractivity contribution in [3.63, 3.8) is 0 Å². The highest BCUT2D eigenvalue weighted by atomic mass is 127. The lowest BCUT2D eigenvalue weighted by Crippen LogP contribution is -2.12. The van der Waals surface area contributed by atoms with E-state index in [9.17, 15) is 10.1 Å². The summed E-state index contributed by atoms with van der Waals surface area (Å²) in [6, 6.07) is 2.89. The van der Waals surface area contributed by atoms with Gasteiger partial charge in [0.1, 0.15) is 5.84 Å². The van der Waals surface area contributed by atoms with Gasteiger partial charge in [-0.2, -0.15) is 0 Å². The molecule has 0 unspecified atom stereocenters. The van der Waals surface area contributed by atoms with Gasteiger partial charge in [-0.3, -0.25) is 10.1 Å². The molecule has 0 aromatic heterocycles. The number of rotatable bonds is 3. The van der Waals surface area contributed by atoms with Crippen LogP contribution in [0.5, 0.6) is 0 Å². The Labute approximate surface area is 124 Å². The minimum atomic E-state index is -0.442. The van der Waals surface area contributed by atoms with Crippen molar-refractivity contribution in [2.24, 2.45) is 10.7 Å². The van der Waals surface area contributed by atoms with Crippen LogP contribution in [0.3, 0.4) is 0 Å². The normalized spacial score (nSPS) is 11.6. The van der Waals surface area contributed by atoms with Gasteiger partial charge in [0.25, 0.3) is 5.69 Å². The van der Waals surface area contributed by atoms with Crippen molar-refractivity contribution in [1.29, 1.82) is 0 Å². The van der Waals surface area contributed by atoms with Crippen LogP contribution in [0.4, 0.5) is 11.4 Å². The predicted molar refractivity (Wildman–Crippen MR) is 80.5 cm³/mol. The molecule has 86 valence electrons. The van der Waals surface area contributed by atoms with Gasteiger partial charge in [0.05, 0.1) is 16.5 Å². The van der Waals surface area contributed by atoms with E-state index in [4.69, 9.17) is 17.3 Å². The Morgan fingerprint density at radius 3 is 2.38 bits per heavy atom. The number of hydrogen-bond donors (Lipinski definition) is 1. The van der Waals surface area contributed by atoms with Crippen LogP contribution in [-0.4, -0.2) is 16.6 Å². The molecule has 0 radical (unpaired) electrons. The molecular weight excluding hydrogens is 459 g/mol. The number of nitrogens with zero attached hydrogens (tertiary/aromatic N) is 2. The second kappa shape index (κ2) is 5.96. The first-order chi connectivity index (χ1) is 7.45. The predicted octanol–water partition coefficient (Wildman–Crippen LogP) is 3.03. The van der Waals surface area contributed by atoms with E-state index in [1.807, 2.05) is 45.2 Å². The Morgan fingerprint density at radius 2 is 2.00 bits per heavy atom. The number of non-ortho nitro benzene ring substituents is 1. The number of nitro groups is 1. The fraction of sp³-hybridized carbons (Fsp3) is 0.125. The maximum atomic E-state index is 10.6. The number of alkyl halides is 1. The van der Waals surface area contributed by atoms with Gasteiger partial charge in [0.15, 0.2) is 0 Å². The van der Waals surface area contributed by atoms with Crippen LogP contribution < -0.4 is 5.73 Å². The first-order valence-corrected chi connectivity index (χ1v) is 6.67. The zero-order chi connectivity index (χ0) is 12.3. The molecule has 0 aliphatic carbocycles. The molecule has 0 saturated heterocycles. The largest absolute Gasteiger partial charge is 0.386 e. The Kier molecular flexibility index (Phi) is 5.18. The zero-order valence-electron chi connectivity index (χ0n) is 7.78. The van der Waals surface area contributed by atoms with Crippen molar-refractivity contribution in [2.45, 2.75) is 0 Å². The van der Waals surface area contributed by atoms with Gasteiger partial charge in [-0.15, -0.1) is 11.6 Å². The highest BCUT2D eigenvalue weighted by molar-refractivity contribution is 14.1. The SMILES string of the molecule is NC(CCl)=Nc1c(I)cc([N+](=O)[O-])cc1I. The molecule has 1 aromatic carbocycles. The van der Waals surface area contributed by atoms with Gasteiger partial charge in [0, 0.05) is 19.3 Å². The highest BCUT2D eigenvalue weighted by Crippen LogP contribution is 2.31. The lowest BCUT2D eigenvalue weighted by molar-refractivity contribution is -0.385. The average molecular weight is 465 g/mol. The number of amidine groups is 1. The van der Waals surface area contributed by atoms with E-state index in [0.717, 1.165) is 0 Å². The van der Waals surface area contributed by atoms with E-state index < -0.39 is 4.92 Å². The summed E-state index contributed by atoms with van der Waals surface area (Å²) in [5.74, 6) is 0.412. The molecule has 2 N–H and O–H groups in total. The monoisotopic (exact) mass is 465 g/mol. The Balaban J connectivity index is 3.28. The summed E-state index contributed by atoms with van der Waals surface area (Å²) in [5.41, 5.74) is 6.17. The molecule has 0 aliphatic heterocycles. The third kappa shape index (κ3) is 3.42. The molecule has 1 aromatic rings. The Hall–Kier alpha value is -0.160. The van der Waals surface area contributed by atoms with Crippen LogP contribution in [0, 0.1) is 17.3 Å². The van der Waals surface area contributed by atoms with Gasteiger partial charge < -0.3 is 5.73 Å². The lowest BCUT2D eigenvalue weighted by Gasteiger charge is -2.03. The molecule has 0 heterocycles. The minimum Gasteiger partial charge on any atom is -0.386 e. The molecule has 0 fully saturated rings. The number of benzene rings is 1. The van der Waals surface area contributed by atoms with Crippen molar-refractivity contribution < 1.29 is 4.92 Å². The lowest BCUT2D eigenvalue weighted by atomic mass is 10.3. The zero-order valence-corrected chi connectivity index (χ0v) is 12.9. The number of hydrogen-bond acceptors (Lipinski definition) is 3. The van der Waals surface area contributed by atoms with Crippen LogP contribution in [0.1, 0.15) is 0 Å². The molecule has 0 atom stereocenters. The molecule has 8 heteroatoms. The topological polar surface area (TPSA) is 81.5 Å². The molecule has 0 spiro atoms. The van der Waals surface area contributed by atoms with E-state index in [0.29, 0.717) is 12.8 Å². The summed E-state index contributed by atoms with van der Waals surface area (Å²) in [5, 5.41) is 10.6. The summed E-state index contributed by atoms with van der Waals surface area (Å²) in [6.45, 7) is 0. The van der Waals surface area contributed by atoms with Gasteiger partial charge in [0.2, 0.25) is 0 Å². The second-order valence-electron chi connectivity index (χ2n) is 2.75. The fourth-order valence-electron chi connectivity index (χ4n) is 0.938. The maximum absolute atomic E-state index is 10.6. The van der Waals surface area contributed by atoms with Crippen LogP contribution in [0.2, 0.25) is 0 Å². The van der Waals surface area contributed by atoms with Crippen molar-refractivity contribution >= 4 is 74.0 Å². The molecule has 5 nitrogen and oxygen atoms in total. The average Bonchev–Trinajstić information content (AvgIpc) is 2.22. The maximum Gasteiger partial charge on any atom is 0.271 e. The molecular formula is C8H6ClI2N3O2. The van der Waals surface area contributed by atoms with Gasteiger partial charge in [-0.25, -0.2) is 4.99 Å². The standard InChI is InChI=1S/C8H6ClI2N3O2/c9-3-7(12)13-8-5(10)1-4(14(15)16)2-6(8)11/h1-2H,3H2,(H2,12,13). The summed E-state index contributed by atoms with van der Waals surface area (Å²) < 4.78 is 1.34. The molecule has 0 aliphatic rings. The first-order valence-electron chi connectivity index (χ1n) is 3.98. The van der Waals surface area contributed by atoms with Gasteiger partial charge in [-0.1, -0.05) is 0 Å². The van der Waals surface area contributed by atoms with E-state index in [-0.39, 0.29) is 17.4 Å². The number of aliphatic imine (C=N–C) groups is 1. The van der Waals surface area contributed by atoms with Crippen LogP contribution >= 0.6 is 56.8 Å². The summed E-state index contributed by atoms with van der Waals surface area (Å²) in [4.78, 5) is 14.3. The Bertz CT molecular complexity index is 442. The smallest absolute Gasteiger partial charge is 0.271 e. The van der Waals surface area contributed by atoms with Crippen molar-refractivity contribution in [3.8, 4) is 0 Å². The van der Waals surface area contributed by atoms with E-state index in [1.165, 1.54) is 12.1 Å².